The molecule has 1 N–H and O–H groups in total. The molecule has 2 heteroatoms. The van der Waals surface area contributed by atoms with Crippen LogP contribution in [0.3, 0.4) is 0 Å². The van der Waals surface area contributed by atoms with Crippen LogP contribution in [0.4, 0.5) is 0 Å². The van der Waals surface area contributed by atoms with E-state index in [2.05, 4.69) is 37.6 Å². The monoisotopic (exact) mass is 185 g/mol. The van der Waals surface area contributed by atoms with Gasteiger partial charge < -0.3 is 5.32 Å². The summed E-state index contributed by atoms with van der Waals surface area (Å²) < 4.78 is 0. The van der Waals surface area contributed by atoms with Crippen molar-refractivity contribution in [2.45, 2.75) is 25.8 Å². The highest BCUT2D eigenvalue weighted by atomic mass is 32.2. The van der Waals surface area contributed by atoms with Gasteiger partial charge in [-0.25, -0.2) is 0 Å². The smallest absolute Gasteiger partial charge is 0.0137 e. The largest absolute Gasteiger partial charge is 0.316 e. The number of thioether (sulfide) groups is 1. The van der Waals surface area contributed by atoms with E-state index in [1.165, 1.54) is 23.5 Å². The van der Waals surface area contributed by atoms with Crippen molar-refractivity contribution < 1.29 is 0 Å². The first-order valence-corrected chi connectivity index (χ1v) is 5.79. The Hall–Kier alpha value is 0.0500. The molecule has 2 unspecified atom stereocenters. The van der Waals surface area contributed by atoms with Gasteiger partial charge in [0.1, 0.15) is 0 Å². The van der Waals surface area contributed by atoms with Crippen molar-refractivity contribution in [2.24, 2.45) is 5.92 Å². The maximum Gasteiger partial charge on any atom is 0.0137 e. The van der Waals surface area contributed by atoms with Crippen LogP contribution in [0.15, 0.2) is 12.2 Å². The number of rotatable bonds is 4. The average molecular weight is 185 g/mol. The van der Waals surface area contributed by atoms with Crippen molar-refractivity contribution >= 4 is 11.8 Å². The van der Waals surface area contributed by atoms with Crippen LogP contribution in [0, 0.1) is 5.92 Å². The minimum Gasteiger partial charge on any atom is -0.316 e. The predicted molar refractivity (Wildman–Crippen MR) is 57.7 cm³/mol. The molecule has 0 amide bonds. The minimum atomic E-state index is 0.664. The highest BCUT2D eigenvalue weighted by Gasteiger charge is 2.23. The molecule has 0 bridgehead atoms. The van der Waals surface area contributed by atoms with Gasteiger partial charge in [0.15, 0.2) is 0 Å². The van der Waals surface area contributed by atoms with Crippen LogP contribution in [0.5, 0.6) is 0 Å². The van der Waals surface area contributed by atoms with Gasteiger partial charge in [0.2, 0.25) is 0 Å². The third-order valence-corrected chi connectivity index (χ3v) is 3.66. The van der Waals surface area contributed by atoms with Crippen LogP contribution in [0.1, 0.15) is 19.8 Å². The fraction of sp³-hybridized carbons (Fsp3) is 0.800. The van der Waals surface area contributed by atoms with E-state index in [0.717, 1.165) is 12.3 Å². The highest BCUT2D eigenvalue weighted by molar-refractivity contribution is 7.99. The summed E-state index contributed by atoms with van der Waals surface area (Å²) in [5, 5.41) is 3.40. The van der Waals surface area contributed by atoms with Gasteiger partial charge in [0.25, 0.3) is 0 Å². The second-order valence-corrected chi connectivity index (χ2v) is 4.83. The number of hydrogen-bond donors (Lipinski definition) is 1. The van der Waals surface area contributed by atoms with Crippen LogP contribution < -0.4 is 5.32 Å². The molecule has 1 heterocycles. The van der Waals surface area contributed by atoms with Gasteiger partial charge >= 0.3 is 0 Å². The molecular formula is C10H19NS. The van der Waals surface area contributed by atoms with E-state index in [-0.39, 0.29) is 0 Å². The molecule has 0 aromatic carbocycles. The Kier molecular flexibility index (Phi) is 4.16. The molecule has 1 saturated heterocycles. The molecule has 1 rings (SSSR count). The molecule has 0 saturated carbocycles. The fourth-order valence-electron chi connectivity index (χ4n) is 1.75. The molecule has 12 heavy (non-hydrogen) atoms. The standard InChI is InChI=1S/C10H19NS/c1-8(2)6-10(11-3)9-4-5-12-7-9/h9-11H,1,4-7H2,2-3H3. The molecule has 1 aliphatic heterocycles. The highest BCUT2D eigenvalue weighted by Crippen LogP contribution is 2.28. The molecule has 0 spiro atoms. The zero-order valence-electron chi connectivity index (χ0n) is 8.10. The molecule has 2 atom stereocenters. The Morgan fingerprint density at radius 3 is 2.92 bits per heavy atom. The maximum atomic E-state index is 3.97. The summed E-state index contributed by atoms with van der Waals surface area (Å²) in [6, 6.07) is 0.664. The van der Waals surface area contributed by atoms with Crippen molar-refractivity contribution in [2.75, 3.05) is 18.6 Å². The lowest BCUT2D eigenvalue weighted by Crippen LogP contribution is -2.33. The minimum absolute atomic E-state index is 0.664. The van der Waals surface area contributed by atoms with Gasteiger partial charge in [0, 0.05) is 6.04 Å². The summed E-state index contributed by atoms with van der Waals surface area (Å²) in [6.45, 7) is 6.08. The van der Waals surface area contributed by atoms with E-state index in [9.17, 15) is 0 Å². The molecule has 0 aromatic heterocycles. The molecule has 1 fully saturated rings. The summed E-state index contributed by atoms with van der Waals surface area (Å²) >= 11 is 2.08. The molecule has 1 nitrogen and oxygen atoms in total. The van der Waals surface area contributed by atoms with Gasteiger partial charge in [-0.3, -0.25) is 0 Å². The third kappa shape index (κ3) is 2.83. The molecule has 0 radical (unpaired) electrons. The van der Waals surface area contributed by atoms with Crippen LogP contribution >= 0.6 is 11.8 Å². The molecule has 0 aliphatic carbocycles. The van der Waals surface area contributed by atoms with Gasteiger partial charge in [0.05, 0.1) is 0 Å². The van der Waals surface area contributed by atoms with Crippen molar-refractivity contribution in [3.63, 3.8) is 0 Å². The zero-order valence-corrected chi connectivity index (χ0v) is 8.91. The zero-order chi connectivity index (χ0) is 8.97. The topological polar surface area (TPSA) is 12.0 Å². The predicted octanol–water partition coefficient (Wildman–Crippen LogP) is 2.29. The third-order valence-electron chi connectivity index (χ3n) is 2.47. The summed E-state index contributed by atoms with van der Waals surface area (Å²) in [5.41, 5.74) is 1.30. The van der Waals surface area contributed by atoms with Gasteiger partial charge in [-0.05, 0) is 44.2 Å². The van der Waals surface area contributed by atoms with Crippen molar-refractivity contribution in [3.05, 3.63) is 12.2 Å². The van der Waals surface area contributed by atoms with Crippen LogP contribution in [-0.4, -0.2) is 24.6 Å². The Labute approximate surface area is 80.0 Å². The average Bonchev–Trinajstić information content (AvgIpc) is 2.51. The Morgan fingerprint density at radius 2 is 2.50 bits per heavy atom. The first-order chi connectivity index (χ1) is 5.74. The Balaban J connectivity index is 2.37. The lowest BCUT2D eigenvalue weighted by atomic mass is 9.94. The van der Waals surface area contributed by atoms with E-state index in [1.54, 1.807) is 0 Å². The first kappa shape index (κ1) is 10.1. The fourth-order valence-corrected chi connectivity index (χ4v) is 3.09. The van der Waals surface area contributed by atoms with E-state index < -0.39 is 0 Å². The van der Waals surface area contributed by atoms with Gasteiger partial charge in [-0.1, -0.05) is 5.57 Å². The quantitative estimate of drug-likeness (QED) is 0.674. The van der Waals surface area contributed by atoms with E-state index >= 15 is 0 Å². The number of nitrogens with one attached hydrogen (secondary N) is 1. The summed E-state index contributed by atoms with van der Waals surface area (Å²) in [7, 11) is 2.07. The second kappa shape index (κ2) is 4.93. The van der Waals surface area contributed by atoms with Crippen molar-refractivity contribution in [3.8, 4) is 0 Å². The van der Waals surface area contributed by atoms with Gasteiger partial charge in [-0.2, -0.15) is 11.8 Å². The van der Waals surface area contributed by atoms with Crippen molar-refractivity contribution in [1.82, 2.24) is 5.32 Å². The Bertz CT molecular complexity index is 150. The van der Waals surface area contributed by atoms with E-state index in [1.807, 2.05) is 0 Å². The van der Waals surface area contributed by atoms with E-state index in [0.29, 0.717) is 6.04 Å². The summed E-state index contributed by atoms with van der Waals surface area (Å²) in [6.07, 6.45) is 2.52. The van der Waals surface area contributed by atoms with Crippen LogP contribution in [0.25, 0.3) is 0 Å². The van der Waals surface area contributed by atoms with E-state index in [4.69, 9.17) is 0 Å². The lowest BCUT2D eigenvalue weighted by molar-refractivity contribution is 0.403. The molecule has 0 aromatic rings. The SMILES string of the molecule is C=C(C)CC(NC)C1CCSC1. The first-order valence-electron chi connectivity index (χ1n) is 4.63. The van der Waals surface area contributed by atoms with Gasteiger partial charge in [-0.15, -0.1) is 6.58 Å². The second-order valence-electron chi connectivity index (χ2n) is 3.68. The lowest BCUT2D eigenvalue weighted by Gasteiger charge is -2.22. The summed E-state index contributed by atoms with van der Waals surface area (Å²) in [5.74, 6) is 3.55. The summed E-state index contributed by atoms with van der Waals surface area (Å²) in [4.78, 5) is 0. The van der Waals surface area contributed by atoms with Crippen LogP contribution in [-0.2, 0) is 0 Å². The molecular weight excluding hydrogens is 166 g/mol. The maximum absolute atomic E-state index is 3.97. The Morgan fingerprint density at radius 1 is 1.75 bits per heavy atom. The molecule has 70 valence electrons. The molecule has 1 aliphatic rings. The number of hydrogen-bond acceptors (Lipinski definition) is 2. The normalized spacial score (nSPS) is 25.7. The van der Waals surface area contributed by atoms with Crippen molar-refractivity contribution in [1.29, 1.82) is 0 Å². The van der Waals surface area contributed by atoms with Crippen LogP contribution in [0.2, 0.25) is 0 Å².